The molecule has 2 amide bonds. The molecule has 0 fully saturated rings. The van der Waals surface area contributed by atoms with E-state index in [9.17, 15) is 18.0 Å². The standard InChI is InChI=1S/C32H41N3O6S/c1-5-7-21-33-32(37)28(6-2)34(22-20-25-14-10-8-11-15-25)31(36)24-35(26-16-12-9-13-17-26)42(38,39)27-18-19-29(40-3)30(23-27)41-4/h8-19,23,28H,5-7,20-22,24H2,1-4H3,(H,33,37). The van der Waals surface area contributed by atoms with Crippen LogP contribution in [0.1, 0.15) is 38.7 Å². The van der Waals surface area contributed by atoms with E-state index in [2.05, 4.69) is 5.32 Å². The summed E-state index contributed by atoms with van der Waals surface area (Å²) in [5.41, 5.74) is 1.33. The number of amides is 2. The Morgan fingerprint density at radius 3 is 2.12 bits per heavy atom. The summed E-state index contributed by atoms with van der Waals surface area (Å²) in [5, 5.41) is 2.94. The zero-order chi connectivity index (χ0) is 30.5. The number of benzene rings is 3. The van der Waals surface area contributed by atoms with Crippen LogP contribution in [0.3, 0.4) is 0 Å². The Kier molecular flexibility index (Phi) is 12.2. The summed E-state index contributed by atoms with van der Waals surface area (Å²) in [6, 6.07) is 21.7. The van der Waals surface area contributed by atoms with Crippen LogP contribution in [0.5, 0.6) is 11.5 Å². The Labute approximate surface area is 249 Å². The van der Waals surface area contributed by atoms with Crippen LogP contribution in [-0.4, -0.2) is 65.0 Å². The quantitative estimate of drug-likeness (QED) is 0.242. The number of methoxy groups -OCH3 is 2. The van der Waals surface area contributed by atoms with Crippen LogP contribution in [0, 0.1) is 0 Å². The van der Waals surface area contributed by atoms with E-state index >= 15 is 0 Å². The molecule has 0 spiro atoms. The van der Waals surface area contributed by atoms with Gasteiger partial charge in [-0.3, -0.25) is 13.9 Å². The summed E-state index contributed by atoms with van der Waals surface area (Å²) in [6.07, 6.45) is 2.64. The highest BCUT2D eigenvalue weighted by Crippen LogP contribution is 2.32. The van der Waals surface area contributed by atoms with Crippen molar-refractivity contribution in [2.75, 3.05) is 38.2 Å². The third-order valence-electron chi connectivity index (χ3n) is 6.97. The average molecular weight is 596 g/mol. The number of nitrogens with one attached hydrogen (secondary N) is 1. The van der Waals surface area contributed by atoms with E-state index < -0.39 is 28.5 Å². The monoisotopic (exact) mass is 595 g/mol. The minimum atomic E-state index is -4.23. The van der Waals surface area contributed by atoms with Crippen molar-refractivity contribution in [2.24, 2.45) is 0 Å². The van der Waals surface area contributed by atoms with Crippen molar-refractivity contribution in [1.82, 2.24) is 10.2 Å². The number of nitrogens with zero attached hydrogens (tertiary/aromatic N) is 2. The number of carbonyl (C=O) groups is 2. The molecule has 1 atom stereocenters. The number of sulfonamides is 1. The first-order chi connectivity index (χ1) is 20.3. The Morgan fingerprint density at radius 1 is 0.881 bits per heavy atom. The van der Waals surface area contributed by atoms with Crippen molar-refractivity contribution in [3.05, 3.63) is 84.4 Å². The molecular weight excluding hydrogens is 554 g/mol. The summed E-state index contributed by atoms with van der Waals surface area (Å²) >= 11 is 0. The van der Waals surface area contributed by atoms with Gasteiger partial charge in [0.05, 0.1) is 24.8 Å². The molecule has 0 heterocycles. The summed E-state index contributed by atoms with van der Waals surface area (Å²) < 4.78 is 39.8. The van der Waals surface area contributed by atoms with Crippen molar-refractivity contribution in [2.45, 2.75) is 50.5 Å². The highest BCUT2D eigenvalue weighted by molar-refractivity contribution is 7.92. The van der Waals surface area contributed by atoms with E-state index in [0.29, 0.717) is 30.8 Å². The summed E-state index contributed by atoms with van der Waals surface area (Å²) in [5.74, 6) is -0.0966. The molecule has 3 aromatic rings. The molecule has 3 aromatic carbocycles. The zero-order valence-electron chi connectivity index (χ0n) is 24.8. The minimum Gasteiger partial charge on any atom is -0.493 e. The molecule has 0 saturated carbocycles. The maximum atomic E-state index is 14.1. The van der Waals surface area contributed by atoms with Gasteiger partial charge in [-0.2, -0.15) is 0 Å². The summed E-state index contributed by atoms with van der Waals surface area (Å²) in [6.45, 7) is 4.16. The summed E-state index contributed by atoms with van der Waals surface area (Å²) in [7, 11) is -1.34. The van der Waals surface area contributed by atoms with E-state index in [1.165, 1.54) is 37.3 Å². The van der Waals surface area contributed by atoms with Crippen molar-refractivity contribution in [1.29, 1.82) is 0 Å². The fourth-order valence-electron chi connectivity index (χ4n) is 4.63. The Bertz CT molecular complexity index is 1400. The molecule has 0 aliphatic carbocycles. The second-order valence-electron chi connectivity index (χ2n) is 9.76. The van der Waals surface area contributed by atoms with E-state index in [1.807, 2.05) is 44.2 Å². The van der Waals surface area contributed by atoms with Crippen LogP contribution in [0.2, 0.25) is 0 Å². The van der Waals surface area contributed by atoms with Crippen LogP contribution in [0.15, 0.2) is 83.8 Å². The largest absolute Gasteiger partial charge is 0.493 e. The van der Waals surface area contributed by atoms with Gasteiger partial charge in [0.15, 0.2) is 11.5 Å². The molecule has 226 valence electrons. The predicted octanol–water partition coefficient (Wildman–Crippen LogP) is 4.67. The molecule has 9 nitrogen and oxygen atoms in total. The highest BCUT2D eigenvalue weighted by Gasteiger charge is 2.33. The normalized spacial score (nSPS) is 11.8. The Balaban J connectivity index is 2.00. The first-order valence-electron chi connectivity index (χ1n) is 14.2. The topological polar surface area (TPSA) is 105 Å². The smallest absolute Gasteiger partial charge is 0.264 e. The van der Waals surface area contributed by atoms with Gasteiger partial charge in [0.1, 0.15) is 12.6 Å². The number of anilines is 1. The molecule has 42 heavy (non-hydrogen) atoms. The second-order valence-corrected chi connectivity index (χ2v) is 11.6. The van der Waals surface area contributed by atoms with Gasteiger partial charge in [-0.05, 0) is 49.1 Å². The van der Waals surface area contributed by atoms with E-state index in [1.54, 1.807) is 30.3 Å². The number of rotatable bonds is 16. The van der Waals surface area contributed by atoms with E-state index in [4.69, 9.17) is 9.47 Å². The molecule has 1 unspecified atom stereocenters. The third-order valence-corrected chi connectivity index (χ3v) is 8.74. The third kappa shape index (κ3) is 8.25. The SMILES string of the molecule is CCCCNC(=O)C(CC)N(CCc1ccccc1)C(=O)CN(c1ccccc1)S(=O)(=O)c1ccc(OC)c(OC)c1. The molecule has 0 aliphatic heterocycles. The van der Waals surface area contributed by atoms with Crippen molar-refractivity contribution < 1.29 is 27.5 Å². The van der Waals surface area contributed by atoms with Gasteiger partial charge in [0.25, 0.3) is 10.0 Å². The number of hydrogen-bond donors (Lipinski definition) is 1. The number of unbranched alkanes of at least 4 members (excludes halogenated alkanes) is 1. The van der Waals surface area contributed by atoms with Crippen molar-refractivity contribution in [3.63, 3.8) is 0 Å². The molecule has 1 N–H and O–H groups in total. The van der Waals surface area contributed by atoms with Crippen molar-refractivity contribution in [3.8, 4) is 11.5 Å². The van der Waals surface area contributed by atoms with Gasteiger partial charge >= 0.3 is 0 Å². The molecule has 0 saturated heterocycles. The first kappa shape index (κ1) is 32.5. The lowest BCUT2D eigenvalue weighted by molar-refractivity contribution is -0.139. The molecule has 0 bridgehead atoms. The van der Waals surface area contributed by atoms with Gasteiger partial charge in [0, 0.05) is 19.2 Å². The van der Waals surface area contributed by atoms with Crippen LogP contribution in [0.4, 0.5) is 5.69 Å². The van der Waals surface area contributed by atoms with Crippen LogP contribution < -0.4 is 19.1 Å². The minimum absolute atomic E-state index is 0.0583. The Hall–Kier alpha value is -4.05. The molecule has 0 aliphatic rings. The highest BCUT2D eigenvalue weighted by atomic mass is 32.2. The molecule has 10 heteroatoms. The van der Waals surface area contributed by atoms with E-state index in [-0.39, 0.29) is 23.1 Å². The lowest BCUT2D eigenvalue weighted by atomic mass is 10.1. The van der Waals surface area contributed by atoms with Crippen LogP contribution >= 0.6 is 0 Å². The number of para-hydroxylation sites is 1. The second kappa shape index (κ2) is 15.8. The fourth-order valence-corrected chi connectivity index (χ4v) is 6.06. The maximum Gasteiger partial charge on any atom is 0.264 e. The lowest BCUT2D eigenvalue weighted by Gasteiger charge is -2.33. The molecule has 0 aromatic heterocycles. The maximum absolute atomic E-state index is 14.1. The average Bonchev–Trinajstić information content (AvgIpc) is 3.02. The number of carbonyl (C=O) groups excluding carboxylic acids is 2. The fraction of sp³-hybridized carbons (Fsp3) is 0.375. The van der Waals surface area contributed by atoms with Crippen LogP contribution in [0.25, 0.3) is 0 Å². The van der Waals surface area contributed by atoms with Gasteiger partial charge in [-0.25, -0.2) is 8.42 Å². The molecule has 3 rings (SSSR count). The predicted molar refractivity (Wildman–Crippen MR) is 164 cm³/mol. The Morgan fingerprint density at radius 2 is 1.52 bits per heavy atom. The number of hydrogen-bond acceptors (Lipinski definition) is 6. The zero-order valence-corrected chi connectivity index (χ0v) is 25.6. The summed E-state index contributed by atoms with van der Waals surface area (Å²) in [4.78, 5) is 28.8. The molecular formula is C32H41N3O6S. The van der Waals surface area contributed by atoms with Gasteiger partial charge < -0.3 is 19.7 Å². The first-order valence-corrected chi connectivity index (χ1v) is 15.6. The lowest BCUT2D eigenvalue weighted by Crippen LogP contribution is -2.53. The van der Waals surface area contributed by atoms with E-state index in [0.717, 1.165) is 22.7 Å². The number of ether oxygens (including phenoxy) is 2. The van der Waals surface area contributed by atoms with Crippen LogP contribution in [-0.2, 0) is 26.0 Å². The van der Waals surface area contributed by atoms with Crippen molar-refractivity contribution >= 4 is 27.5 Å². The van der Waals surface area contributed by atoms with Gasteiger partial charge in [-0.15, -0.1) is 0 Å². The van der Waals surface area contributed by atoms with Gasteiger partial charge in [0.2, 0.25) is 11.8 Å². The molecule has 0 radical (unpaired) electrons. The van der Waals surface area contributed by atoms with Gasteiger partial charge in [-0.1, -0.05) is 68.8 Å².